The van der Waals surface area contributed by atoms with Gasteiger partial charge >= 0.3 is 0 Å². The Morgan fingerprint density at radius 3 is 2.90 bits per heavy atom. The summed E-state index contributed by atoms with van der Waals surface area (Å²) in [5, 5.41) is 10.1. The molecule has 3 aromatic rings. The summed E-state index contributed by atoms with van der Waals surface area (Å²) in [6.07, 6.45) is 4.51. The molecular formula is C17H17N3O. The zero-order chi connectivity index (χ0) is 14.2. The molecule has 4 nitrogen and oxygen atoms in total. The fraction of sp³-hybridized carbons (Fsp3) is 0.235. The Bertz CT molecular complexity index is 747. The van der Waals surface area contributed by atoms with E-state index < -0.39 is 0 Å². The Labute approximate surface area is 123 Å². The lowest BCUT2D eigenvalue weighted by Crippen LogP contribution is -2.30. The number of nitrogens with zero attached hydrogens (tertiary/aromatic N) is 3. The molecule has 0 bridgehead atoms. The van der Waals surface area contributed by atoms with Crippen molar-refractivity contribution in [3.8, 4) is 0 Å². The third kappa shape index (κ3) is 2.17. The average Bonchev–Trinajstić information content (AvgIpc) is 2.93. The molecule has 0 aliphatic carbocycles. The van der Waals surface area contributed by atoms with Gasteiger partial charge in [-0.05, 0) is 24.6 Å². The molecule has 1 aliphatic rings. The molecule has 1 unspecified atom stereocenters. The van der Waals surface area contributed by atoms with E-state index in [9.17, 15) is 5.11 Å². The van der Waals surface area contributed by atoms with Crippen LogP contribution in [0.2, 0.25) is 0 Å². The maximum atomic E-state index is 10.1. The van der Waals surface area contributed by atoms with Crippen LogP contribution in [0.5, 0.6) is 0 Å². The van der Waals surface area contributed by atoms with Crippen LogP contribution in [-0.4, -0.2) is 21.0 Å². The van der Waals surface area contributed by atoms with Gasteiger partial charge in [-0.15, -0.1) is 0 Å². The van der Waals surface area contributed by atoms with Crippen LogP contribution in [-0.2, 0) is 6.54 Å². The lowest BCUT2D eigenvalue weighted by atomic mass is 9.99. The van der Waals surface area contributed by atoms with Crippen molar-refractivity contribution < 1.29 is 5.11 Å². The Hall–Kier alpha value is -2.33. The molecule has 1 atom stereocenters. The van der Waals surface area contributed by atoms with Gasteiger partial charge < -0.3 is 14.4 Å². The van der Waals surface area contributed by atoms with Gasteiger partial charge in [-0.1, -0.05) is 24.3 Å². The Balaban J connectivity index is 1.67. The predicted molar refractivity (Wildman–Crippen MR) is 82.3 cm³/mol. The first-order valence-corrected chi connectivity index (χ1v) is 7.26. The number of fused-ring (bicyclic) bond motifs is 2. The van der Waals surface area contributed by atoms with Crippen LogP contribution in [0.25, 0.3) is 5.65 Å². The molecular weight excluding hydrogens is 262 g/mol. The van der Waals surface area contributed by atoms with Crippen molar-refractivity contribution in [3.05, 3.63) is 66.1 Å². The van der Waals surface area contributed by atoms with E-state index in [0.717, 1.165) is 42.1 Å². The molecule has 106 valence electrons. The Kier molecular flexibility index (Phi) is 2.89. The number of imidazole rings is 1. The highest BCUT2D eigenvalue weighted by molar-refractivity contribution is 5.56. The highest BCUT2D eigenvalue weighted by Crippen LogP contribution is 2.34. The van der Waals surface area contributed by atoms with Crippen molar-refractivity contribution >= 4 is 11.3 Å². The van der Waals surface area contributed by atoms with Crippen molar-refractivity contribution in [1.29, 1.82) is 0 Å². The number of benzene rings is 1. The molecule has 0 radical (unpaired) electrons. The number of pyridine rings is 1. The molecule has 1 aromatic carbocycles. The van der Waals surface area contributed by atoms with Gasteiger partial charge in [0.05, 0.1) is 18.3 Å². The summed E-state index contributed by atoms with van der Waals surface area (Å²) < 4.78 is 2.04. The fourth-order valence-corrected chi connectivity index (χ4v) is 3.03. The number of aliphatic hydroxyl groups excluding tert-OH is 1. The van der Waals surface area contributed by atoms with Gasteiger partial charge in [0, 0.05) is 30.2 Å². The summed E-state index contributed by atoms with van der Waals surface area (Å²) in [4.78, 5) is 6.95. The number of hydrogen-bond acceptors (Lipinski definition) is 3. The fourth-order valence-electron chi connectivity index (χ4n) is 3.03. The zero-order valence-electron chi connectivity index (χ0n) is 11.7. The molecule has 2 aromatic heterocycles. The van der Waals surface area contributed by atoms with E-state index in [1.165, 1.54) is 0 Å². The topological polar surface area (TPSA) is 40.8 Å². The summed E-state index contributed by atoms with van der Waals surface area (Å²) in [6.45, 7) is 1.62. The van der Waals surface area contributed by atoms with E-state index in [4.69, 9.17) is 0 Å². The molecule has 4 rings (SSSR count). The van der Waals surface area contributed by atoms with Crippen LogP contribution < -0.4 is 4.90 Å². The standard InChI is InChI=1S/C17H17N3O/c21-16-8-10-19(15-6-2-1-5-14(15)16)11-13-12-20-9-4-3-7-17(20)18-13/h1-7,9,12,16,21H,8,10-11H2. The third-order valence-electron chi connectivity index (χ3n) is 4.08. The molecule has 0 fully saturated rings. The molecule has 0 saturated carbocycles. The van der Waals surface area contributed by atoms with Crippen molar-refractivity contribution in [1.82, 2.24) is 9.38 Å². The smallest absolute Gasteiger partial charge is 0.137 e. The van der Waals surface area contributed by atoms with Crippen LogP contribution in [0.1, 0.15) is 23.8 Å². The maximum absolute atomic E-state index is 10.1. The van der Waals surface area contributed by atoms with Crippen LogP contribution in [0, 0.1) is 0 Å². The highest BCUT2D eigenvalue weighted by Gasteiger charge is 2.23. The van der Waals surface area contributed by atoms with Gasteiger partial charge in [0.15, 0.2) is 0 Å². The second-order valence-corrected chi connectivity index (χ2v) is 5.48. The lowest BCUT2D eigenvalue weighted by Gasteiger charge is -2.33. The van der Waals surface area contributed by atoms with Gasteiger partial charge in [-0.2, -0.15) is 0 Å². The molecule has 1 N–H and O–H groups in total. The van der Waals surface area contributed by atoms with Gasteiger partial charge in [-0.3, -0.25) is 0 Å². The maximum Gasteiger partial charge on any atom is 0.137 e. The number of hydrogen-bond donors (Lipinski definition) is 1. The zero-order valence-corrected chi connectivity index (χ0v) is 11.7. The summed E-state index contributed by atoms with van der Waals surface area (Å²) >= 11 is 0. The molecule has 4 heteroatoms. The van der Waals surface area contributed by atoms with Crippen molar-refractivity contribution in [2.24, 2.45) is 0 Å². The number of aliphatic hydroxyl groups is 1. The first-order valence-electron chi connectivity index (χ1n) is 7.26. The first kappa shape index (κ1) is 12.4. The van der Waals surface area contributed by atoms with Crippen LogP contribution in [0.15, 0.2) is 54.9 Å². The summed E-state index contributed by atoms with van der Waals surface area (Å²) in [5.41, 5.74) is 4.16. The van der Waals surface area contributed by atoms with Crippen LogP contribution in [0.3, 0.4) is 0 Å². The van der Waals surface area contributed by atoms with Crippen LogP contribution >= 0.6 is 0 Å². The normalized spacial score (nSPS) is 18.0. The lowest BCUT2D eigenvalue weighted by molar-refractivity contribution is 0.164. The van der Waals surface area contributed by atoms with E-state index in [1.807, 2.05) is 47.0 Å². The number of aromatic nitrogens is 2. The van der Waals surface area contributed by atoms with E-state index in [2.05, 4.69) is 22.1 Å². The quantitative estimate of drug-likeness (QED) is 0.784. The van der Waals surface area contributed by atoms with Crippen molar-refractivity contribution in [2.45, 2.75) is 19.1 Å². The molecule has 0 spiro atoms. The average molecular weight is 279 g/mol. The minimum absolute atomic E-state index is 0.349. The van der Waals surface area contributed by atoms with Crippen molar-refractivity contribution in [2.75, 3.05) is 11.4 Å². The molecule has 3 heterocycles. The first-order chi connectivity index (χ1) is 10.3. The SMILES string of the molecule is OC1CCN(Cc2cn3ccccc3n2)c2ccccc21. The molecule has 0 saturated heterocycles. The van der Waals surface area contributed by atoms with Gasteiger partial charge in [0.2, 0.25) is 0 Å². The third-order valence-corrected chi connectivity index (χ3v) is 4.08. The Morgan fingerprint density at radius 2 is 2.00 bits per heavy atom. The van der Waals surface area contributed by atoms with Crippen LogP contribution in [0.4, 0.5) is 5.69 Å². The second kappa shape index (κ2) is 4.90. The molecule has 21 heavy (non-hydrogen) atoms. The molecule has 1 aliphatic heterocycles. The Morgan fingerprint density at radius 1 is 1.14 bits per heavy atom. The monoisotopic (exact) mass is 279 g/mol. The molecule has 0 amide bonds. The second-order valence-electron chi connectivity index (χ2n) is 5.48. The minimum Gasteiger partial charge on any atom is -0.388 e. The number of para-hydroxylation sites is 1. The number of rotatable bonds is 2. The minimum atomic E-state index is -0.349. The summed E-state index contributed by atoms with van der Waals surface area (Å²) in [5.74, 6) is 0. The van der Waals surface area contributed by atoms with E-state index in [-0.39, 0.29) is 6.10 Å². The predicted octanol–water partition coefficient (Wildman–Crippen LogP) is 2.78. The van der Waals surface area contributed by atoms with E-state index >= 15 is 0 Å². The van der Waals surface area contributed by atoms with Gasteiger partial charge in [0.25, 0.3) is 0 Å². The van der Waals surface area contributed by atoms with Crippen molar-refractivity contribution in [3.63, 3.8) is 0 Å². The van der Waals surface area contributed by atoms with Gasteiger partial charge in [0.1, 0.15) is 5.65 Å². The number of anilines is 1. The summed E-state index contributed by atoms with van der Waals surface area (Å²) in [6, 6.07) is 14.1. The van der Waals surface area contributed by atoms with Gasteiger partial charge in [-0.25, -0.2) is 4.98 Å². The largest absolute Gasteiger partial charge is 0.388 e. The van der Waals surface area contributed by atoms with E-state index in [0.29, 0.717) is 0 Å². The van der Waals surface area contributed by atoms with E-state index in [1.54, 1.807) is 0 Å². The highest BCUT2D eigenvalue weighted by atomic mass is 16.3. The summed E-state index contributed by atoms with van der Waals surface area (Å²) in [7, 11) is 0.